The molecule has 10 heteroatoms. The van der Waals surface area contributed by atoms with E-state index in [9.17, 15) is 24.3 Å². The lowest BCUT2D eigenvalue weighted by Gasteiger charge is -2.39. The normalized spacial score (nSPS) is 26.5. The van der Waals surface area contributed by atoms with Gasteiger partial charge in [0.15, 0.2) is 0 Å². The number of rotatable bonds is 17. The molecule has 1 aromatic rings. The lowest BCUT2D eigenvalue weighted by atomic mass is 9.70. The Labute approximate surface area is 260 Å². The zero-order valence-corrected chi connectivity index (χ0v) is 26.0. The highest BCUT2D eigenvalue weighted by atomic mass is 16.5. The number of hydrogen-bond acceptors (Lipinski definition) is 7. The highest BCUT2D eigenvalue weighted by Crippen LogP contribution is 2.58. The molecule has 2 bridgehead atoms. The lowest BCUT2D eigenvalue weighted by molar-refractivity contribution is -0.149. The number of amides is 3. The number of allylic oxidation sites excluding steroid dienone is 1. The van der Waals surface area contributed by atoms with Crippen molar-refractivity contribution in [2.75, 3.05) is 26.3 Å². The maximum absolute atomic E-state index is 14.3. The Balaban J connectivity index is 1.62. The quantitative estimate of drug-likeness (QED) is 0.205. The Bertz CT molecular complexity index is 1210. The summed E-state index contributed by atoms with van der Waals surface area (Å²) in [7, 11) is 0. The molecule has 10 nitrogen and oxygen atoms in total. The monoisotopic (exact) mass is 609 g/mol. The van der Waals surface area contributed by atoms with Crippen molar-refractivity contribution in [3.63, 3.8) is 0 Å². The molecule has 3 amide bonds. The van der Waals surface area contributed by atoms with E-state index in [-0.39, 0.29) is 49.9 Å². The second-order valence-corrected chi connectivity index (χ2v) is 12.1. The molecule has 44 heavy (non-hydrogen) atoms. The fourth-order valence-corrected chi connectivity index (χ4v) is 7.21. The predicted octanol–water partition coefficient (Wildman–Crippen LogP) is 3.31. The van der Waals surface area contributed by atoms with Crippen LogP contribution >= 0.6 is 0 Å². The van der Waals surface area contributed by atoms with E-state index < -0.39 is 41.6 Å². The van der Waals surface area contributed by atoms with Crippen LogP contribution in [0.3, 0.4) is 0 Å². The number of carbonyl (C=O) groups is 4. The van der Waals surface area contributed by atoms with Gasteiger partial charge in [0.25, 0.3) is 0 Å². The van der Waals surface area contributed by atoms with Crippen LogP contribution in [0.15, 0.2) is 55.6 Å². The van der Waals surface area contributed by atoms with E-state index in [0.29, 0.717) is 32.2 Å². The van der Waals surface area contributed by atoms with Gasteiger partial charge >= 0.3 is 5.97 Å². The average Bonchev–Trinajstić information content (AvgIpc) is 3.67. The van der Waals surface area contributed by atoms with Crippen molar-refractivity contribution in [1.29, 1.82) is 0 Å². The van der Waals surface area contributed by atoms with Gasteiger partial charge in [-0.2, -0.15) is 0 Å². The molecule has 7 atom stereocenters. The minimum absolute atomic E-state index is 0.0662. The Morgan fingerprint density at radius 3 is 2.66 bits per heavy atom. The van der Waals surface area contributed by atoms with Gasteiger partial charge in [-0.1, -0.05) is 55.8 Å². The summed E-state index contributed by atoms with van der Waals surface area (Å²) in [4.78, 5) is 58.2. The smallest absolute Gasteiger partial charge is 0.306 e. The van der Waals surface area contributed by atoms with Gasteiger partial charge in [-0.3, -0.25) is 19.2 Å². The molecule has 0 aromatic heterocycles. The van der Waals surface area contributed by atoms with Crippen molar-refractivity contribution in [3.05, 3.63) is 61.2 Å². The Kier molecular flexibility index (Phi) is 11.4. The van der Waals surface area contributed by atoms with Crippen LogP contribution in [0.25, 0.3) is 0 Å². The molecule has 1 spiro atoms. The van der Waals surface area contributed by atoms with Crippen molar-refractivity contribution < 1.29 is 33.8 Å². The Morgan fingerprint density at radius 2 is 2.00 bits per heavy atom. The molecular formula is C34H47N3O7. The number of nitrogens with zero attached hydrogens (tertiary/aromatic N) is 2. The fourth-order valence-electron chi connectivity index (χ4n) is 7.21. The molecule has 240 valence electrons. The van der Waals surface area contributed by atoms with Crippen LogP contribution in [-0.4, -0.2) is 88.7 Å². The highest BCUT2D eigenvalue weighted by molar-refractivity contribution is 5.99. The molecule has 3 saturated heterocycles. The number of aliphatic hydroxyl groups is 1. The molecule has 1 aromatic carbocycles. The van der Waals surface area contributed by atoms with E-state index in [2.05, 4.69) is 25.4 Å². The molecule has 1 unspecified atom stereocenters. The summed E-state index contributed by atoms with van der Waals surface area (Å²) in [6.07, 6.45) is 6.49. The van der Waals surface area contributed by atoms with E-state index in [1.807, 2.05) is 37.3 Å². The van der Waals surface area contributed by atoms with Crippen LogP contribution < -0.4 is 5.32 Å². The second-order valence-electron chi connectivity index (χ2n) is 12.1. The molecule has 0 saturated carbocycles. The second kappa shape index (κ2) is 15.0. The van der Waals surface area contributed by atoms with Gasteiger partial charge in [0.2, 0.25) is 17.7 Å². The number of likely N-dealkylation sites (tertiary alicyclic amines) is 1. The third kappa shape index (κ3) is 6.61. The van der Waals surface area contributed by atoms with Gasteiger partial charge in [0.05, 0.1) is 24.0 Å². The molecule has 3 aliphatic heterocycles. The molecule has 2 N–H and O–H groups in total. The number of ether oxygens (including phenoxy) is 2. The van der Waals surface area contributed by atoms with Crippen molar-refractivity contribution in [3.8, 4) is 0 Å². The fraction of sp³-hybridized carbons (Fsp3) is 0.588. The Hall–Kier alpha value is -3.50. The minimum atomic E-state index is -1.14. The van der Waals surface area contributed by atoms with Crippen molar-refractivity contribution in [2.45, 2.75) is 88.6 Å². The van der Waals surface area contributed by atoms with Crippen molar-refractivity contribution in [2.24, 2.45) is 11.8 Å². The molecule has 3 fully saturated rings. The predicted molar refractivity (Wildman–Crippen MR) is 165 cm³/mol. The molecule has 4 rings (SSSR count). The first-order valence-corrected chi connectivity index (χ1v) is 15.9. The standard InChI is InChI=1S/C34H47N3O7/c1-5-8-16-27(39)43-22-25(24-14-10-9-11-15-24)35-31(40)28-26-17-18-34(44-26)29(28)32(41)37(20-12-21-38)30(34)33(42)36(19-7-3)23(4)13-6-2/h5,7,9-11,14-15,23,25-26,28-30,38H,1,3,6,8,12-13,16-22H2,2,4H3,(H,35,40)/t23?,25-,26-,28+,29+,30-,34+/m0/s1. The summed E-state index contributed by atoms with van der Waals surface area (Å²) in [5.41, 5.74) is -0.377. The van der Waals surface area contributed by atoms with Crippen LogP contribution in [0, 0.1) is 11.8 Å². The molecule has 0 aliphatic carbocycles. The number of carbonyl (C=O) groups excluding carboxylic acids is 4. The zero-order valence-electron chi connectivity index (χ0n) is 26.0. The summed E-state index contributed by atoms with van der Waals surface area (Å²) < 4.78 is 12.1. The van der Waals surface area contributed by atoms with Crippen molar-refractivity contribution >= 4 is 23.7 Å². The number of fused-ring (bicyclic) bond motifs is 1. The number of benzene rings is 1. The number of esters is 1. The summed E-state index contributed by atoms with van der Waals surface area (Å²) in [5.74, 6) is -2.93. The average molecular weight is 610 g/mol. The third-order valence-corrected chi connectivity index (χ3v) is 9.22. The van der Waals surface area contributed by atoms with Gasteiger partial charge in [-0.05, 0) is 44.6 Å². The number of aliphatic hydroxyl groups excluding tert-OH is 1. The molecular weight excluding hydrogens is 562 g/mol. The molecule has 3 aliphatic rings. The number of nitrogens with one attached hydrogen (secondary N) is 1. The third-order valence-electron chi connectivity index (χ3n) is 9.22. The number of hydrogen-bond donors (Lipinski definition) is 2. The largest absolute Gasteiger partial charge is 0.463 e. The summed E-state index contributed by atoms with van der Waals surface area (Å²) >= 11 is 0. The van der Waals surface area contributed by atoms with Crippen LogP contribution in [0.1, 0.15) is 70.4 Å². The maximum atomic E-state index is 14.3. The van der Waals surface area contributed by atoms with Crippen molar-refractivity contribution in [1.82, 2.24) is 15.1 Å². The molecule has 0 radical (unpaired) electrons. The summed E-state index contributed by atoms with van der Waals surface area (Å²) in [6.45, 7) is 11.8. The molecule has 3 heterocycles. The van der Waals surface area contributed by atoms with E-state index in [1.165, 1.54) is 4.90 Å². The Morgan fingerprint density at radius 1 is 1.25 bits per heavy atom. The van der Waals surface area contributed by atoms with Gasteiger partial charge in [0.1, 0.15) is 18.2 Å². The summed E-state index contributed by atoms with van der Waals surface area (Å²) in [6, 6.07) is 7.63. The summed E-state index contributed by atoms with van der Waals surface area (Å²) in [5, 5.41) is 12.7. The van der Waals surface area contributed by atoms with Gasteiger partial charge < -0.3 is 29.7 Å². The van der Waals surface area contributed by atoms with E-state index in [4.69, 9.17) is 9.47 Å². The SMILES string of the molecule is C=CCCC(=O)OC[C@H](NC(=O)[C@@H]1[C@@H]2CC[C@]3(O2)[C@H](C(=O)N(CC=C)C(C)CCC)N(CCCO)C(=O)[C@@H]13)c1ccccc1. The van der Waals surface area contributed by atoms with Crippen LogP contribution in [0.4, 0.5) is 0 Å². The minimum Gasteiger partial charge on any atom is -0.463 e. The topological polar surface area (TPSA) is 125 Å². The van der Waals surface area contributed by atoms with Gasteiger partial charge in [0, 0.05) is 32.2 Å². The van der Waals surface area contributed by atoms with E-state index in [1.54, 1.807) is 17.1 Å². The first-order chi connectivity index (χ1) is 21.2. The first kappa shape index (κ1) is 33.4. The van der Waals surface area contributed by atoms with Crippen LogP contribution in [-0.2, 0) is 28.7 Å². The maximum Gasteiger partial charge on any atom is 0.306 e. The van der Waals surface area contributed by atoms with Gasteiger partial charge in [-0.15, -0.1) is 13.2 Å². The first-order valence-electron chi connectivity index (χ1n) is 15.9. The van der Waals surface area contributed by atoms with Crippen LogP contribution in [0.5, 0.6) is 0 Å². The zero-order chi connectivity index (χ0) is 31.9. The van der Waals surface area contributed by atoms with E-state index in [0.717, 1.165) is 18.4 Å². The van der Waals surface area contributed by atoms with Crippen LogP contribution in [0.2, 0.25) is 0 Å². The highest BCUT2D eigenvalue weighted by Gasteiger charge is 2.74. The van der Waals surface area contributed by atoms with Gasteiger partial charge in [-0.25, -0.2) is 0 Å². The van der Waals surface area contributed by atoms with E-state index >= 15 is 0 Å². The lowest BCUT2D eigenvalue weighted by Crippen LogP contribution is -2.58.